The number of pyridine rings is 1. The maximum atomic E-state index is 13.6. The van der Waals surface area contributed by atoms with Gasteiger partial charge in [-0.15, -0.1) is 10.2 Å². The van der Waals surface area contributed by atoms with Crippen LogP contribution in [-0.4, -0.2) is 36.4 Å². The Bertz CT molecular complexity index is 1820. The van der Waals surface area contributed by atoms with Gasteiger partial charge in [-0.25, -0.2) is 4.98 Å². The Morgan fingerprint density at radius 2 is 1.85 bits per heavy atom. The molecule has 1 unspecified atom stereocenters. The lowest BCUT2D eigenvalue weighted by molar-refractivity contribution is -0.132. The highest BCUT2D eigenvalue weighted by Crippen LogP contribution is 2.44. The van der Waals surface area contributed by atoms with Crippen LogP contribution in [0, 0.1) is 13.8 Å². The van der Waals surface area contributed by atoms with Crippen molar-refractivity contribution in [2.75, 3.05) is 4.90 Å². The van der Waals surface area contributed by atoms with Crippen molar-refractivity contribution in [2.24, 2.45) is 0 Å². The number of benzene rings is 2. The number of fused-ring (bicyclic) bond motifs is 1. The van der Waals surface area contributed by atoms with Crippen molar-refractivity contribution < 1.29 is 14.7 Å². The molecule has 1 aliphatic rings. The van der Waals surface area contributed by atoms with E-state index in [4.69, 9.17) is 11.6 Å². The molecule has 1 N–H and O–H groups in total. The largest absolute Gasteiger partial charge is 0.505 e. The van der Waals surface area contributed by atoms with Gasteiger partial charge in [0.15, 0.2) is 10.1 Å². The van der Waals surface area contributed by atoms with Crippen molar-refractivity contribution >= 4 is 62.9 Å². The second-order valence-corrected chi connectivity index (χ2v) is 11.9. The van der Waals surface area contributed by atoms with Crippen LogP contribution in [-0.2, 0) is 15.3 Å². The number of aliphatic hydroxyl groups is 1. The Morgan fingerprint density at radius 1 is 1.05 bits per heavy atom. The molecule has 1 fully saturated rings. The molecule has 2 aromatic carbocycles. The van der Waals surface area contributed by atoms with Crippen LogP contribution in [0.2, 0.25) is 5.02 Å². The quantitative estimate of drug-likeness (QED) is 0.0809. The SMILES string of the molecule is Cc1cccn2c(C)c(C(O)=C3C(=O)C(=O)N(c4nnc(SCc5ccccc5)s4)C3c3cccc(Cl)c3)nc12. The van der Waals surface area contributed by atoms with E-state index in [9.17, 15) is 14.7 Å². The highest BCUT2D eigenvalue weighted by atomic mass is 35.5. The van der Waals surface area contributed by atoms with Gasteiger partial charge in [0, 0.05) is 17.0 Å². The third-order valence-electron chi connectivity index (χ3n) is 6.72. The summed E-state index contributed by atoms with van der Waals surface area (Å²) in [5.74, 6) is -1.31. The van der Waals surface area contributed by atoms with Crippen molar-refractivity contribution in [2.45, 2.75) is 30.0 Å². The van der Waals surface area contributed by atoms with Gasteiger partial charge < -0.3 is 9.51 Å². The number of thioether (sulfide) groups is 1. The molecule has 0 aliphatic carbocycles. The zero-order valence-corrected chi connectivity index (χ0v) is 23.8. The number of carbonyl (C=O) groups is 2. The number of hydrogen-bond donors (Lipinski definition) is 1. The summed E-state index contributed by atoms with van der Waals surface area (Å²) in [6, 6.07) is 19.6. The number of nitrogens with zero attached hydrogens (tertiary/aromatic N) is 5. The Labute approximate surface area is 243 Å². The number of ketones is 1. The van der Waals surface area contributed by atoms with Gasteiger partial charge in [-0.05, 0) is 48.7 Å². The number of rotatable bonds is 6. The molecule has 3 aromatic heterocycles. The average molecular weight is 588 g/mol. The van der Waals surface area contributed by atoms with Gasteiger partial charge >= 0.3 is 5.91 Å². The number of Topliss-reactive ketones (excluding diaryl/α,β-unsaturated/α-hetero) is 1. The first-order valence-electron chi connectivity index (χ1n) is 12.3. The highest BCUT2D eigenvalue weighted by molar-refractivity contribution is 8.00. The molecule has 1 aliphatic heterocycles. The average Bonchev–Trinajstić information content (AvgIpc) is 3.63. The number of aryl methyl sites for hydroxylation is 2. The molecule has 1 atom stereocenters. The Balaban J connectivity index is 1.45. The molecule has 0 spiro atoms. The van der Waals surface area contributed by atoms with Gasteiger partial charge in [0.25, 0.3) is 5.78 Å². The molecule has 40 heavy (non-hydrogen) atoms. The lowest BCUT2D eigenvalue weighted by Crippen LogP contribution is -2.29. The summed E-state index contributed by atoms with van der Waals surface area (Å²) in [5.41, 5.74) is 4.04. The van der Waals surface area contributed by atoms with E-state index in [1.165, 1.54) is 28.0 Å². The van der Waals surface area contributed by atoms with Crippen LogP contribution in [0.25, 0.3) is 11.4 Å². The van der Waals surface area contributed by atoms with E-state index in [0.29, 0.717) is 32.0 Å². The van der Waals surface area contributed by atoms with Gasteiger partial charge in [0.2, 0.25) is 5.13 Å². The summed E-state index contributed by atoms with van der Waals surface area (Å²) in [4.78, 5) is 33.0. The minimum absolute atomic E-state index is 0.0786. The summed E-state index contributed by atoms with van der Waals surface area (Å²) in [6.07, 6.45) is 1.84. The molecule has 6 rings (SSSR count). The molecule has 200 valence electrons. The second-order valence-electron chi connectivity index (χ2n) is 9.28. The third-order valence-corrected chi connectivity index (χ3v) is 9.09. The standard InChI is InChI=1S/C29H22ClN5O3S2/c1-16-8-7-13-34-17(2)22(31-26(16)34)24(36)21-23(19-11-6-12-20(30)14-19)35(27(38)25(21)37)28-32-33-29(40-28)39-15-18-9-4-3-5-10-18/h3-14,23,36H,15H2,1-2H3. The number of aromatic nitrogens is 4. The van der Waals surface area contributed by atoms with Crippen LogP contribution < -0.4 is 4.90 Å². The predicted molar refractivity (Wildman–Crippen MR) is 157 cm³/mol. The van der Waals surface area contributed by atoms with E-state index in [2.05, 4.69) is 15.2 Å². The predicted octanol–water partition coefficient (Wildman–Crippen LogP) is 6.37. The second kappa shape index (κ2) is 10.5. The van der Waals surface area contributed by atoms with Crippen molar-refractivity contribution in [3.8, 4) is 0 Å². The van der Waals surface area contributed by atoms with Crippen LogP contribution in [0.1, 0.15) is 34.1 Å². The molecule has 11 heteroatoms. The van der Waals surface area contributed by atoms with E-state index >= 15 is 0 Å². The van der Waals surface area contributed by atoms with Crippen LogP contribution >= 0.6 is 34.7 Å². The van der Waals surface area contributed by atoms with E-state index in [-0.39, 0.29) is 22.2 Å². The smallest absolute Gasteiger partial charge is 0.301 e. The summed E-state index contributed by atoms with van der Waals surface area (Å²) < 4.78 is 2.49. The first-order valence-corrected chi connectivity index (χ1v) is 14.5. The minimum Gasteiger partial charge on any atom is -0.505 e. The van der Waals surface area contributed by atoms with Crippen LogP contribution in [0.4, 0.5) is 5.13 Å². The monoisotopic (exact) mass is 587 g/mol. The topological polar surface area (TPSA) is 101 Å². The van der Waals surface area contributed by atoms with Gasteiger partial charge in [-0.1, -0.05) is 83.2 Å². The molecular formula is C29H22ClN5O3S2. The Hall–Kier alpha value is -3.99. The van der Waals surface area contributed by atoms with E-state index in [1.54, 1.807) is 31.2 Å². The lowest BCUT2D eigenvalue weighted by atomic mass is 9.96. The first-order chi connectivity index (χ1) is 19.3. The fourth-order valence-corrected chi connectivity index (χ4v) is 6.80. The van der Waals surface area contributed by atoms with E-state index < -0.39 is 17.7 Å². The summed E-state index contributed by atoms with van der Waals surface area (Å²) in [5, 5.41) is 20.8. The van der Waals surface area contributed by atoms with Crippen LogP contribution in [0.15, 0.2) is 82.8 Å². The molecule has 5 aromatic rings. The number of hydrogen-bond acceptors (Lipinski definition) is 8. The van der Waals surface area contributed by atoms with Crippen molar-refractivity contribution in [1.82, 2.24) is 19.6 Å². The maximum Gasteiger partial charge on any atom is 0.301 e. The molecule has 0 bridgehead atoms. The summed E-state index contributed by atoms with van der Waals surface area (Å²) in [7, 11) is 0. The summed E-state index contributed by atoms with van der Waals surface area (Å²) >= 11 is 9.03. The minimum atomic E-state index is -0.969. The fraction of sp³-hybridized carbons (Fsp3) is 0.138. The van der Waals surface area contributed by atoms with Gasteiger partial charge in [0.1, 0.15) is 11.3 Å². The van der Waals surface area contributed by atoms with E-state index in [1.807, 2.05) is 60.0 Å². The lowest BCUT2D eigenvalue weighted by Gasteiger charge is -2.22. The number of imidazole rings is 1. The summed E-state index contributed by atoms with van der Waals surface area (Å²) in [6.45, 7) is 3.72. The molecular weight excluding hydrogens is 566 g/mol. The highest BCUT2D eigenvalue weighted by Gasteiger charge is 2.49. The number of halogens is 1. The zero-order valence-electron chi connectivity index (χ0n) is 21.4. The zero-order chi connectivity index (χ0) is 28.0. The van der Waals surface area contributed by atoms with Crippen molar-refractivity contribution in [3.05, 3.63) is 112 Å². The Morgan fingerprint density at radius 3 is 2.60 bits per heavy atom. The third kappa shape index (κ3) is 4.57. The molecule has 8 nitrogen and oxygen atoms in total. The number of carbonyl (C=O) groups excluding carboxylic acids is 2. The van der Waals surface area contributed by atoms with Crippen molar-refractivity contribution in [1.29, 1.82) is 0 Å². The Kier molecular flexibility index (Phi) is 6.91. The van der Waals surface area contributed by atoms with Gasteiger partial charge in [0.05, 0.1) is 17.3 Å². The molecule has 0 radical (unpaired) electrons. The maximum absolute atomic E-state index is 13.6. The number of anilines is 1. The normalized spacial score (nSPS) is 16.8. The number of aliphatic hydroxyl groups excluding tert-OH is 1. The van der Waals surface area contributed by atoms with Gasteiger partial charge in [-0.3, -0.25) is 14.5 Å². The molecule has 1 saturated heterocycles. The molecule has 4 heterocycles. The van der Waals surface area contributed by atoms with E-state index in [0.717, 1.165) is 11.1 Å². The molecule has 1 amide bonds. The molecule has 0 saturated carbocycles. The van der Waals surface area contributed by atoms with Crippen LogP contribution in [0.5, 0.6) is 0 Å². The fourth-order valence-electron chi connectivity index (χ4n) is 4.77. The first kappa shape index (κ1) is 26.2. The number of amides is 1. The van der Waals surface area contributed by atoms with Gasteiger partial charge in [-0.2, -0.15) is 0 Å². The van der Waals surface area contributed by atoms with Crippen molar-refractivity contribution in [3.63, 3.8) is 0 Å². The van der Waals surface area contributed by atoms with Crippen LogP contribution in [0.3, 0.4) is 0 Å².